The Morgan fingerprint density at radius 3 is 2.26 bits per heavy atom. The number of aliphatic hydroxyl groups is 1. The second-order valence-corrected chi connectivity index (χ2v) is 14.1. The average Bonchev–Trinajstić information content (AvgIpc) is 3.63. The molecule has 0 unspecified atom stereocenters. The molecule has 2 aromatic rings. The number of H-pyrrole nitrogens is 1. The highest BCUT2D eigenvalue weighted by atomic mass is 32.2. The number of carbonyl (C=O) groups is 1. The Bertz CT molecular complexity index is 1290. The zero-order valence-corrected chi connectivity index (χ0v) is 20.7. The fraction of sp³-hybridized carbons (Fsp3) is 0.640. The number of hydrogen-bond acceptors (Lipinski definition) is 6. The van der Waals surface area contributed by atoms with Gasteiger partial charge in [-0.3, -0.25) is 5.10 Å². The van der Waals surface area contributed by atoms with Crippen molar-refractivity contribution in [3.63, 3.8) is 0 Å². The zero-order chi connectivity index (χ0) is 24.2. The van der Waals surface area contributed by atoms with Crippen molar-refractivity contribution < 1.29 is 18.3 Å². The van der Waals surface area contributed by atoms with Crippen LogP contribution in [0.15, 0.2) is 24.3 Å². The predicted octanol–water partition coefficient (Wildman–Crippen LogP) is 2.22. The van der Waals surface area contributed by atoms with Gasteiger partial charge in [0.1, 0.15) is 11.4 Å². The molecule has 186 valence electrons. The molecule has 0 radical (unpaired) electrons. The number of urea groups is 1. The minimum Gasteiger partial charge on any atom is -0.382 e. The minimum atomic E-state index is -3.10. The molecule has 1 spiro atoms. The van der Waals surface area contributed by atoms with Gasteiger partial charge in [0.25, 0.3) is 0 Å². The monoisotopic (exact) mass is 497 g/mol. The Labute approximate surface area is 204 Å². The molecule has 2 saturated heterocycles. The molecule has 7 rings (SSSR count). The molecule has 5 aliphatic rings. The van der Waals surface area contributed by atoms with E-state index in [0.717, 1.165) is 50.2 Å². The summed E-state index contributed by atoms with van der Waals surface area (Å²) >= 11 is 0. The van der Waals surface area contributed by atoms with Crippen LogP contribution >= 0.6 is 0 Å². The average molecular weight is 498 g/mol. The Morgan fingerprint density at radius 1 is 1.03 bits per heavy atom. The fourth-order valence-electron chi connectivity index (χ4n) is 6.43. The number of hydrogen-bond donors (Lipinski definition) is 2. The molecule has 3 saturated carbocycles. The third-order valence-corrected chi connectivity index (χ3v) is 11.2. The number of nitrogens with one attached hydrogen (secondary N) is 1. The molecular weight excluding hydrogens is 466 g/mol. The van der Waals surface area contributed by atoms with Gasteiger partial charge in [0.2, 0.25) is 0 Å². The third kappa shape index (κ3) is 3.28. The van der Waals surface area contributed by atoms with Crippen LogP contribution in [-0.4, -0.2) is 77.0 Å². The van der Waals surface area contributed by atoms with Crippen LogP contribution in [0.25, 0.3) is 0 Å². The Hall–Kier alpha value is -2.46. The minimum absolute atomic E-state index is 0.124. The molecule has 1 aromatic carbocycles. The number of aromatic amines is 1. The summed E-state index contributed by atoms with van der Waals surface area (Å²) in [5.41, 5.74) is 1.47. The van der Waals surface area contributed by atoms with E-state index in [0.29, 0.717) is 43.6 Å². The van der Waals surface area contributed by atoms with Gasteiger partial charge >= 0.3 is 6.03 Å². The van der Waals surface area contributed by atoms with Crippen LogP contribution in [0.3, 0.4) is 0 Å². The van der Waals surface area contributed by atoms with Gasteiger partial charge < -0.3 is 14.9 Å². The van der Waals surface area contributed by atoms with Crippen molar-refractivity contribution in [3.05, 3.63) is 47.0 Å². The van der Waals surface area contributed by atoms with E-state index in [4.69, 9.17) is 0 Å². The summed E-state index contributed by atoms with van der Waals surface area (Å²) in [6, 6.07) is 8.12. The second kappa shape index (κ2) is 6.85. The molecule has 2 amide bonds. The number of rotatable bonds is 5. The summed E-state index contributed by atoms with van der Waals surface area (Å²) < 4.78 is 23.6. The highest BCUT2D eigenvalue weighted by Gasteiger charge is 2.56. The normalized spacial score (nSPS) is 26.1. The summed E-state index contributed by atoms with van der Waals surface area (Å²) in [4.78, 5) is 21.3. The first-order valence-corrected chi connectivity index (χ1v) is 14.5. The van der Waals surface area contributed by atoms with Gasteiger partial charge in [-0.15, -0.1) is 0 Å². The molecule has 0 atom stereocenters. The van der Waals surface area contributed by atoms with Crippen LogP contribution in [0.2, 0.25) is 0 Å². The lowest BCUT2D eigenvalue weighted by atomic mass is 9.57. The van der Waals surface area contributed by atoms with Gasteiger partial charge in [-0.05, 0) is 49.7 Å². The topological polar surface area (TPSA) is 119 Å². The van der Waals surface area contributed by atoms with E-state index in [1.54, 1.807) is 0 Å². The molecular formula is C25H31N5O4S. The van der Waals surface area contributed by atoms with Crippen molar-refractivity contribution >= 4 is 15.9 Å². The maximum absolute atomic E-state index is 12.9. The van der Waals surface area contributed by atoms with Crippen molar-refractivity contribution in [3.8, 4) is 0 Å². The predicted molar refractivity (Wildman–Crippen MR) is 127 cm³/mol. The van der Waals surface area contributed by atoms with E-state index in [9.17, 15) is 18.3 Å². The first-order valence-electron chi connectivity index (χ1n) is 12.6. The lowest BCUT2D eigenvalue weighted by molar-refractivity contribution is -0.0602. The summed E-state index contributed by atoms with van der Waals surface area (Å²) in [6.45, 7) is 3.03. The SMILES string of the molecule is CS(=O)(=O)C1(c2ccc(C3CN(C(=O)N4CC5(CC(c6nc(C7(O)CC7)n[nH]6)C5)C4)C3)cc2)CC1. The molecule has 1 aromatic heterocycles. The molecule has 9 nitrogen and oxygen atoms in total. The van der Waals surface area contributed by atoms with Crippen LogP contribution in [0.4, 0.5) is 4.79 Å². The number of carbonyl (C=O) groups excluding carboxylic acids is 1. The lowest BCUT2D eigenvalue weighted by Crippen LogP contribution is -2.67. The highest BCUT2D eigenvalue weighted by molar-refractivity contribution is 7.92. The van der Waals surface area contributed by atoms with Gasteiger partial charge in [-0.1, -0.05) is 24.3 Å². The molecule has 5 fully saturated rings. The van der Waals surface area contributed by atoms with Crippen molar-refractivity contribution in [2.75, 3.05) is 32.4 Å². The first-order chi connectivity index (χ1) is 16.6. The maximum Gasteiger partial charge on any atom is 0.320 e. The van der Waals surface area contributed by atoms with E-state index in [2.05, 4.69) is 15.2 Å². The molecule has 0 bridgehead atoms. The first kappa shape index (κ1) is 21.8. The Morgan fingerprint density at radius 2 is 1.69 bits per heavy atom. The van der Waals surface area contributed by atoms with Crippen molar-refractivity contribution in [1.82, 2.24) is 25.0 Å². The van der Waals surface area contributed by atoms with Crippen molar-refractivity contribution in [2.24, 2.45) is 5.41 Å². The van der Waals surface area contributed by atoms with E-state index >= 15 is 0 Å². The van der Waals surface area contributed by atoms with Crippen LogP contribution in [0, 0.1) is 5.41 Å². The van der Waals surface area contributed by atoms with Crippen molar-refractivity contribution in [1.29, 1.82) is 0 Å². The third-order valence-electron chi connectivity index (χ3n) is 9.19. The summed E-state index contributed by atoms with van der Waals surface area (Å²) in [5.74, 6) is 2.05. The number of amides is 2. The van der Waals surface area contributed by atoms with Crippen molar-refractivity contribution in [2.45, 2.75) is 60.7 Å². The van der Waals surface area contributed by atoms with Crippen LogP contribution < -0.4 is 0 Å². The van der Waals surface area contributed by atoms with E-state index in [1.165, 1.54) is 11.8 Å². The Balaban J connectivity index is 0.896. The van der Waals surface area contributed by atoms with Crippen LogP contribution in [0.5, 0.6) is 0 Å². The van der Waals surface area contributed by atoms with Gasteiger partial charge in [-0.25, -0.2) is 18.2 Å². The van der Waals surface area contributed by atoms with Gasteiger partial charge in [-0.2, -0.15) is 5.10 Å². The van der Waals surface area contributed by atoms with E-state index < -0.39 is 20.2 Å². The number of nitrogens with zero attached hydrogens (tertiary/aromatic N) is 4. The number of aromatic nitrogens is 3. The molecule has 3 aliphatic carbocycles. The lowest BCUT2D eigenvalue weighted by Gasteiger charge is -2.59. The molecule has 2 N–H and O–H groups in total. The maximum atomic E-state index is 12.9. The van der Waals surface area contributed by atoms with Crippen LogP contribution in [-0.2, 0) is 20.2 Å². The van der Waals surface area contributed by atoms with E-state index in [1.807, 2.05) is 34.1 Å². The second-order valence-electron chi connectivity index (χ2n) is 11.8. The fourth-order valence-corrected chi connectivity index (χ4v) is 7.84. The number of benzene rings is 1. The summed E-state index contributed by atoms with van der Waals surface area (Å²) in [7, 11) is -3.10. The van der Waals surface area contributed by atoms with Crippen LogP contribution in [0.1, 0.15) is 73.1 Å². The molecule has 35 heavy (non-hydrogen) atoms. The van der Waals surface area contributed by atoms with Gasteiger partial charge in [0, 0.05) is 49.7 Å². The van der Waals surface area contributed by atoms with Gasteiger partial charge in [0.05, 0.1) is 4.75 Å². The standard InChI is InChI=1S/C25H31N5O4S/c1-35(33,34)25(8-9-25)19-4-2-16(3-5-19)18-12-29(13-18)22(31)30-14-23(15-30)10-17(11-23)20-26-21(28-27-20)24(32)6-7-24/h2-5,17-18,32H,6-15H2,1H3,(H,26,27,28). The molecule has 10 heteroatoms. The number of likely N-dealkylation sites (tertiary alicyclic amines) is 2. The Kier molecular flexibility index (Phi) is 4.26. The number of sulfone groups is 1. The van der Waals surface area contributed by atoms with E-state index in [-0.39, 0.29) is 11.4 Å². The molecule has 3 heterocycles. The summed E-state index contributed by atoms with van der Waals surface area (Å²) in [6.07, 6.45) is 6.24. The summed E-state index contributed by atoms with van der Waals surface area (Å²) in [5, 5.41) is 17.4. The largest absolute Gasteiger partial charge is 0.382 e. The quantitative estimate of drug-likeness (QED) is 0.654. The highest BCUT2D eigenvalue weighted by Crippen LogP contribution is 2.56. The zero-order valence-electron chi connectivity index (χ0n) is 19.9. The smallest absolute Gasteiger partial charge is 0.320 e. The molecule has 2 aliphatic heterocycles. The van der Waals surface area contributed by atoms with Gasteiger partial charge in [0.15, 0.2) is 15.7 Å².